The number of nitriles is 1. The van der Waals surface area contributed by atoms with E-state index in [1.165, 1.54) is 11.1 Å². The molecule has 1 aliphatic rings. The van der Waals surface area contributed by atoms with Gasteiger partial charge >= 0.3 is 0 Å². The molecule has 0 aromatic heterocycles. The fourth-order valence-corrected chi connectivity index (χ4v) is 2.96. The molecule has 0 amide bonds. The molecule has 0 fully saturated rings. The summed E-state index contributed by atoms with van der Waals surface area (Å²) in [6.07, 6.45) is 2.70. The number of rotatable bonds is 6. The molecule has 1 unspecified atom stereocenters. The maximum Gasteiger partial charge on any atom is 0.119 e. The molecule has 0 aliphatic carbocycles. The Balaban J connectivity index is 1.45. The Kier molecular flexibility index (Phi) is 5.84. The fourth-order valence-electron chi connectivity index (χ4n) is 2.96. The molecule has 128 valence electrons. The maximum atomic E-state index is 10.2. The van der Waals surface area contributed by atoms with Crippen LogP contribution in [0.15, 0.2) is 60.7 Å². The molecule has 4 nitrogen and oxygen atoms in total. The van der Waals surface area contributed by atoms with Crippen LogP contribution in [0.3, 0.4) is 0 Å². The van der Waals surface area contributed by atoms with E-state index in [1.54, 1.807) is 24.3 Å². The lowest BCUT2D eigenvalue weighted by Crippen LogP contribution is -2.38. The SMILES string of the molecule is N#Cc1ccc(OCC(O)CN2CC=C(c3ccccc3)CC2)cc1. The van der Waals surface area contributed by atoms with Crippen molar-refractivity contribution in [2.24, 2.45) is 0 Å². The maximum absolute atomic E-state index is 10.2. The van der Waals surface area contributed by atoms with E-state index in [0.717, 1.165) is 19.5 Å². The molecular formula is C21H22N2O2. The van der Waals surface area contributed by atoms with Crippen LogP contribution in [-0.4, -0.2) is 42.4 Å². The van der Waals surface area contributed by atoms with Crippen LogP contribution in [0.5, 0.6) is 5.75 Å². The van der Waals surface area contributed by atoms with Crippen molar-refractivity contribution in [3.8, 4) is 11.8 Å². The molecule has 2 aromatic carbocycles. The number of aliphatic hydroxyl groups is 1. The Hall–Kier alpha value is -2.61. The molecule has 1 aliphatic heterocycles. The molecule has 3 rings (SSSR count). The first-order valence-corrected chi connectivity index (χ1v) is 8.52. The Morgan fingerprint density at radius 3 is 2.52 bits per heavy atom. The van der Waals surface area contributed by atoms with E-state index in [4.69, 9.17) is 10.00 Å². The van der Waals surface area contributed by atoms with Gasteiger partial charge < -0.3 is 9.84 Å². The summed E-state index contributed by atoms with van der Waals surface area (Å²) in [7, 11) is 0. The number of ether oxygens (including phenoxy) is 1. The van der Waals surface area contributed by atoms with Gasteiger partial charge in [0.1, 0.15) is 18.5 Å². The van der Waals surface area contributed by atoms with E-state index in [0.29, 0.717) is 17.9 Å². The van der Waals surface area contributed by atoms with Gasteiger partial charge in [0, 0.05) is 19.6 Å². The molecule has 0 radical (unpaired) electrons. The number of β-amino-alcohol motifs (C(OH)–C–C–N with tert-alkyl or cyclic N) is 1. The van der Waals surface area contributed by atoms with Crippen LogP contribution < -0.4 is 4.74 Å². The normalized spacial score (nSPS) is 15.9. The average Bonchev–Trinajstić information content (AvgIpc) is 2.68. The highest BCUT2D eigenvalue weighted by atomic mass is 16.5. The van der Waals surface area contributed by atoms with Crippen molar-refractivity contribution in [1.29, 1.82) is 5.26 Å². The van der Waals surface area contributed by atoms with Crippen molar-refractivity contribution in [2.45, 2.75) is 12.5 Å². The van der Waals surface area contributed by atoms with Crippen molar-refractivity contribution in [3.05, 3.63) is 71.8 Å². The molecule has 1 N–H and O–H groups in total. The van der Waals surface area contributed by atoms with Crippen molar-refractivity contribution in [1.82, 2.24) is 4.90 Å². The Morgan fingerprint density at radius 1 is 1.12 bits per heavy atom. The predicted octanol–water partition coefficient (Wildman–Crippen LogP) is 3.09. The van der Waals surface area contributed by atoms with Gasteiger partial charge in [-0.25, -0.2) is 0 Å². The van der Waals surface area contributed by atoms with E-state index < -0.39 is 6.10 Å². The Morgan fingerprint density at radius 2 is 1.88 bits per heavy atom. The summed E-state index contributed by atoms with van der Waals surface area (Å²) >= 11 is 0. The lowest BCUT2D eigenvalue weighted by atomic mass is 9.99. The lowest BCUT2D eigenvalue weighted by molar-refractivity contribution is 0.0717. The first-order chi connectivity index (χ1) is 12.2. The van der Waals surface area contributed by atoms with Crippen LogP contribution in [0, 0.1) is 11.3 Å². The third-order valence-electron chi connectivity index (χ3n) is 4.33. The van der Waals surface area contributed by atoms with Gasteiger partial charge in [0.15, 0.2) is 0 Å². The molecule has 0 saturated carbocycles. The number of nitrogens with zero attached hydrogens (tertiary/aromatic N) is 2. The van der Waals surface area contributed by atoms with Gasteiger partial charge in [0.05, 0.1) is 11.6 Å². The first kappa shape index (κ1) is 17.2. The molecule has 25 heavy (non-hydrogen) atoms. The van der Waals surface area contributed by atoms with Crippen LogP contribution in [0.25, 0.3) is 5.57 Å². The summed E-state index contributed by atoms with van der Waals surface area (Å²) in [6.45, 7) is 2.62. The summed E-state index contributed by atoms with van der Waals surface area (Å²) in [5, 5.41) is 19.0. The van der Waals surface area contributed by atoms with E-state index in [9.17, 15) is 5.11 Å². The highest BCUT2D eigenvalue weighted by Crippen LogP contribution is 2.22. The lowest BCUT2D eigenvalue weighted by Gasteiger charge is -2.28. The van der Waals surface area contributed by atoms with Gasteiger partial charge in [-0.15, -0.1) is 0 Å². The molecule has 0 spiro atoms. The number of aliphatic hydroxyl groups excluding tert-OH is 1. The standard InChI is InChI=1S/C21H22N2O2/c22-14-17-6-8-21(9-7-17)25-16-20(24)15-23-12-10-19(11-13-23)18-4-2-1-3-5-18/h1-10,20,24H,11-13,15-16H2. The largest absolute Gasteiger partial charge is 0.491 e. The third-order valence-corrected chi connectivity index (χ3v) is 4.33. The minimum Gasteiger partial charge on any atom is -0.491 e. The monoisotopic (exact) mass is 334 g/mol. The summed E-state index contributed by atoms with van der Waals surface area (Å²) in [6, 6.07) is 19.4. The average molecular weight is 334 g/mol. The van der Waals surface area contributed by atoms with E-state index in [-0.39, 0.29) is 6.61 Å². The minimum atomic E-state index is -0.540. The molecule has 0 saturated heterocycles. The van der Waals surface area contributed by atoms with Gasteiger partial charge in [-0.1, -0.05) is 36.4 Å². The zero-order valence-corrected chi connectivity index (χ0v) is 14.1. The molecule has 1 atom stereocenters. The van der Waals surface area contributed by atoms with E-state index >= 15 is 0 Å². The summed E-state index contributed by atoms with van der Waals surface area (Å²) in [5.74, 6) is 0.669. The van der Waals surface area contributed by atoms with E-state index in [2.05, 4.69) is 41.3 Å². The van der Waals surface area contributed by atoms with Gasteiger partial charge in [0.25, 0.3) is 0 Å². The highest BCUT2D eigenvalue weighted by molar-refractivity contribution is 5.66. The van der Waals surface area contributed by atoms with Crippen LogP contribution in [0.1, 0.15) is 17.5 Å². The van der Waals surface area contributed by atoms with Gasteiger partial charge in [0.2, 0.25) is 0 Å². The van der Waals surface area contributed by atoms with Crippen LogP contribution in [0.4, 0.5) is 0 Å². The van der Waals surface area contributed by atoms with Crippen LogP contribution in [0.2, 0.25) is 0 Å². The minimum absolute atomic E-state index is 0.248. The third kappa shape index (κ3) is 4.93. The zero-order valence-electron chi connectivity index (χ0n) is 14.1. The second kappa shape index (κ2) is 8.48. The van der Waals surface area contributed by atoms with Gasteiger partial charge in [-0.05, 0) is 41.8 Å². The topological polar surface area (TPSA) is 56.5 Å². The second-order valence-electron chi connectivity index (χ2n) is 6.21. The zero-order chi connectivity index (χ0) is 17.5. The van der Waals surface area contributed by atoms with Crippen LogP contribution in [-0.2, 0) is 0 Å². The fraction of sp³-hybridized carbons (Fsp3) is 0.286. The molecule has 1 heterocycles. The quantitative estimate of drug-likeness (QED) is 0.882. The highest BCUT2D eigenvalue weighted by Gasteiger charge is 2.16. The number of benzene rings is 2. The Labute approximate surface area is 148 Å². The van der Waals surface area contributed by atoms with Crippen molar-refractivity contribution in [3.63, 3.8) is 0 Å². The molecule has 2 aromatic rings. The van der Waals surface area contributed by atoms with Gasteiger partial charge in [-0.2, -0.15) is 5.26 Å². The summed E-state index contributed by atoms with van der Waals surface area (Å²) in [4.78, 5) is 2.24. The van der Waals surface area contributed by atoms with E-state index in [1.807, 2.05) is 6.07 Å². The van der Waals surface area contributed by atoms with Gasteiger partial charge in [-0.3, -0.25) is 4.90 Å². The smallest absolute Gasteiger partial charge is 0.119 e. The second-order valence-corrected chi connectivity index (χ2v) is 6.21. The summed E-state index contributed by atoms with van der Waals surface area (Å²) < 4.78 is 5.60. The number of hydrogen-bond acceptors (Lipinski definition) is 4. The molecular weight excluding hydrogens is 312 g/mol. The van der Waals surface area contributed by atoms with Crippen molar-refractivity contribution in [2.75, 3.05) is 26.2 Å². The van der Waals surface area contributed by atoms with Crippen molar-refractivity contribution < 1.29 is 9.84 Å². The number of hydrogen-bond donors (Lipinski definition) is 1. The Bertz CT molecular complexity index is 748. The van der Waals surface area contributed by atoms with Crippen molar-refractivity contribution >= 4 is 5.57 Å². The summed E-state index contributed by atoms with van der Waals surface area (Å²) in [5.41, 5.74) is 3.26. The first-order valence-electron chi connectivity index (χ1n) is 8.52. The molecule has 4 heteroatoms. The predicted molar refractivity (Wildman–Crippen MR) is 98.1 cm³/mol. The van der Waals surface area contributed by atoms with Crippen LogP contribution >= 0.6 is 0 Å². The molecule has 0 bridgehead atoms.